The van der Waals surface area contributed by atoms with Gasteiger partial charge in [-0.25, -0.2) is 9.78 Å². The predicted octanol–water partition coefficient (Wildman–Crippen LogP) is 2.22. The van der Waals surface area contributed by atoms with E-state index in [2.05, 4.69) is 9.88 Å². The maximum atomic E-state index is 11.1. The van der Waals surface area contributed by atoms with E-state index in [0.29, 0.717) is 11.6 Å². The van der Waals surface area contributed by atoms with E-state index in [0.717, 1.165) is 44.6 Å². The van der Waals surface area contributed by atoms with Crippen LogP contribution in [-0.2, 0) is 0 Å². The number of carbonyl (C=O) groups is 1. The lowest BCUT2D eigenvalue weighted by Crippen LogP contribution is -2.53. The largest absolute Gasteiger partial charge is 0.478 e. The van der Waals surface area contributed by atoms with Crippen molar-refractivity contribution < 1.29 is 15.0 Å². The first-order chi connectivity index (χ1) is 9.99. The second-order valence-electron chi connectivity index (χ2n) is 6.35. The number of aromatic carboxylic acids is 1. The molecular formula is C16H22N2O3. The van der Waals surface area contributed by atoms with Gasteiger partial charge in [0.1, 0.15) is 5.82 Å². The monoisotopic (exact) mass is 290 g/mol. The molecule has 2 aliphatic rings. The lowest BCUT2D eigenvalue weighted by molar-refractivity contribution is -0.0613. The molecule has 5 heteroatoms. The molecule has 114 valence electrons. The minimum absolute atomic E-state index is 0.255. The molecule has 0 radical (unpaired) electrons. The summed E-state index contributed by atoms with van der Waals surface area (Å²) >= 11 is 0. The zero-order valence-corrected chi connectivity index (χ0v) is 12.4. The molecule has 21 heavy (non-hydrogen) atoms. The molecule has 1 aliphatic carbocycles. The van der Waals surface area contributed by atoms with Crippen molar-refractivity contribution in [1.29, 1.82) is 0 Å². The molecule has 1 aromatic heterocycles. The molecule has 1 saturated carbocycles. The van der Waals surface area contributed by atoms with Crippen LogP contribution in [0.25, 0.3) is 0 Å². The number of rotatable bonds is 2. The average Bonchev–Trinajstić information content (AvgIpc) is 2.45. The van der Waals surface area contributed by atoms with Gasteiger partial charge in [-0.2, -0.15) is 0 Å². The summed E-state index contributed by atoms with van der Waals surface area (Å²) < 4.78 is 0. The van der Waals surface area contributed by atoms with Gasteiger partial charge in [0, 0.05) is 19.0 Å². The highest BCUT2D eigenvalue weighted by Gasteiger charge is 2.42. The van der Waals surface area contributed by atoms with Gasteiger partial charge < -0.3 is 15.1 Å². The van der Waals surface area contributed by atoms with E-state index >= 15 is 0 Å². The van der Waals surface area contributed by atoms with E-state index in [9.17, 15) is 9.90 Å². The number of aliphatic hydroxyl groups is 1. The van der Waals surface area contributed by atoms with Crippen LogP contribution in [0.4, 0.5) is 5.82 Å². The number of carboxylic acids is 1. The number of nitrogens with zero attached hydrogens (tertiary/aromatic N) is 2. The van der Waals surface area contributed by atoms with Gasteiger partial charge in [0.05, 0.1) is 16.9 Å². The third kappa shape index (κ3) is 2.62. The quantitative estimate of drug-likeness (QED) is 0.873. The third-order valence-corrected chi connectivity index (χ3v) is 5.05. The zero-order valence-electron chi connectivity index (χ0n) is 12.4. The van der Waals surface area contributed by atoms with Crippen LogP contribution in [-0.4, -0.2) is 39.9 Å². The first-order valence-corrected chi connectivity index (χ1v) is 7.68. The normalized spacial score (nSPS) is 29.0. The van der Waals surface area contributed by atoms with E-state index < -0.39 is 11.6 Å². The lowest BCUT2D eigenvalue weighted by Gasteiger charge is -2.47. The predicted molar refractivity (Wildman–Crippen MR) is 79.7 cm³/mol. The smallest absolute Gasteiger partial charge is 0.337 e. The van der Waals surface area contributed by atoms with E-state index in [1.807, 2.05) is 0 Å². The molecule has 2 heterocycles. The van der Waals surface area contributed by atoms with Gasteiger partial charge in [0.25, 0.3) is 0 Å². The van der Waals surface area contributed by atoms with Crippen molar-refractivity contribution in [2.24, 2.45) is 5.92 Å². The highest BCUT2D eigenvalue weighted by molar-refractivity contribution is 5.89. The van der Waals surface area contributed by atoms with Crippen molar-refractivity contribution in [2.45, 2.75) is 44.6 Å². The third-order valence-electron chi connectivity index (χ3n) is 5.05. The van der Waals surface area contributed by atoms with E-state index in [1.165, 1.54) is 6.42 Å². The minimum Gasteiger partial charge on any atom is -0.478 e. The fourth-order valence-corrected chi connectivity index (χ4v) is 3.73. The number of anilines is 1. The lowest BCUT2D eigenvalue weighted by atomic mass is 9.71. The number of hydrogen-bond acceptors (Lipinski definition) is 4. The number of carboxylic acid groups (broad SMARTS) is 1. The van der Waals surface area contributed by atoms with Gasteiger partial charge in [-0.1, -0.05) is 12.8 Å². The van der Waals surface area contributed by atoms with Crippen molar-refractivity contribution >= 4 is 11.8 Å². The molecule has 5 nitrogen and oxygen atoms in total. The standard InChI is InChI=1S/C16H22N2O3/c1-11-13(15(19)20)5-6-14(17-11)18-9-8-16(21)7-3-2-4-12(16)10-18/h5-6,12,21H,2-4,7-10H2,1H3,(H,19,20). The molecule has 1 saturated heterocycles. The Bertz CT molecular complexity index is 560. The van der Waals surface area contributed by atoms with E-state index in [1.54, 1.807) is 19.1 Å². The Morgan fingerprint density at radius 3 is 2.90 bits per heavy atom. The highest BCUT2D eigenvalue weighted by atomic mass is 16.4. The van der Waals surface area contributed by atoms with Gasteiger partial charge in [-0.05, 0) is 38.3 Å². The van der Waals surface area contributed by atoms with Crippen LogP contribution in [0.15, 0.2) is 12.1 Å². The first-order valence-electron chi connectivity index (χ1n) is 7.68. The van der Waals surface area contributed by atoms with E-state index in [-0.39, 0.29) is 5.56 Å². The molecule has 0 amide bonds. The van der Waals surface area contributed by atoms with Gasteiger partial charge in [0.2, 0.25) is 0 Å². The van der Waals surface area contributed by atoms with Crippen molar-refractivity contribution in [1.82, 2.24) is 4.98 Å². The highest BCUT2D eigenvalue weighted by Crippen LogP contribution is 2.40. The van der Waals surface area contributed by atoms with Crippen molar-refractivity contribution in [3.05, 3.63) is 23.4 Å². The second kappa shape index (κ2) is 5.30. The molecule has 1 aliphatic heterocycles. The van der Waals surface area contributed by atoms with Crippen LogP contribution in [0.2, 0.25) is 0 Å². The summed E-state index contributed by atoms with van der Waals surface area (Å²) in [4.78, 5) is 17.7. The van der Waals surface area contributed by atoms with Gasteiger partial charge in [0.15, 0.2) is 0 Å². The molecule has 0 spiro atoms. The molecule has 1 aromatic rings. The van der Waals surface area contributed by atoms with E-state index in [4.69, 9.17) is 5.11 Å². The van der Waals surface area contributed by atoms with Crippen LogP contribution >= 0.6 is 0 Å². The van der Waals surface area contributed by atoms with Gasteiger partial charge >= 0.3 is 5.97 Å². The van der Waals surface area contributed by atoms with Gasteiger partial charge in [-0.3, -0.25) is 0 Å². The average molecular weight is 290 g/mol. The number of hydrogen-bond donors (Lipinski definition) is 2. The molecule has 3 rings (SSSR count). The number of aromatic nitrogens is 1. The fraction of sp³-hybridized carbons (Fsp3) is 0.625. The molecule has 2 atom stereocenters. The summed E-state index contributed by atoms with van der Waals surface area (Å²) in [5.41, 5.74) is 0.305. The minimum atomic E-state index is -0.938. The zero-order chi connectivity index (χ0) is 15.0. The molecule has 0 bridgehead atoms. The van der Waals surface area contributed by atoms with Crippen molar-refractivity contribution in [2.75, 3.05) is 18.0 Å². The molecule has 2 unspecified atom stereocenters. The summed E-state index contributed by atoms with van der Waals surface area (Å²) in [6, 6.07) is 3.41. The Hall–Kier alpha value is -1.62. The maximum Gasteiger partial charge on any atom is 0.337 e. The van der Waals surface area contributed by atoms with Crippen LogP contribution in [0.5, 0.6) is 0 Å². The molecule has 2 N–H and O–H groups in total. The Morgan fingerprint density at radius 1 is 1.38 bits per heavy atom. The summed E-state index contributed by atoms with van der Waals surface area (Å²) in [6.45, 7) is 3.33. The Balaban J connectivity index is 1.79. The van der Waals surface area contributed by atoms with Gasteiger partial charge in [-0.15, -0.1) is 0 Å². The Kier molecular flexibility index (Phi) is 3.61. The van der Waals surface area contributed by atoms with Crippen LogP contribution in [0.1, 0.15) is 48.2 Å². The molecule has 0 aromatic carbocycles. The maximum absolute atomic E-state index is 11.1. The summed E-state index contributed by atoms with van der Waals surface area (Å²) in [7, 11) is 0. The van der Waals surface area contributed by atoms with Crippen molar-refractivity contribution in [3.63, 3.8) is 0 Å². The second-order valence-corrected chi connectivity index (χ2v) is 6.35. The van der Waals surface area contributed by atoms with Crippen LogP contribution < -0.4 is 4.90 Å². The SMILES string of the molecule is Cc1nc(N2CCC3(O)CCCCC3C2)ccc1C(=O)O. The Morgan fingerprint density at radius 2 is 2.19 bits per heavy atom. The summed E-state index contributed by atoms with van der Waals surface area (Å²) in [5.74, 6) is 0.193. The number of aryl methyl sites for hydroxylation is 1. The number of fused-ring (bicyclic) bond motifs is 1. The summed E-state index contributed by atoms with van der Waals surface area (Å²) in [5, 5.41) is 19.8. The number of piperidine rings is 1. The van der Waals surface area contributed by atoms with Crippen LogP contribution in [0.3, 0.4) is 0 Å². The topological polar surface area (TPSA) is 73.7 Å². The Labute approximate surface area is 124 Å². The fourth-order valence-electron chi connectivity index (χ4n) is 3.73. The van der Waals surface area contributed by atoms with Crippen molar-refractivity contribution in [3.8, 4) is 0 Å². The molecular weight excluding hydrogens is 268 g/mol. The first kappa shape index (κ1) is 14.3. The number of pyridine rings is 1. The van der Waals surface area contributed by atoms with Crippen LogP contribution in [0, 0.1) is 12.8 Å². The molecule has 2 fully saturated rings. The summed E-state index contributed by atoms with van der Waals surface area (Å²) in [6.07, 6.45) is 5.07.